The summed E-state index contributed by atoms with van der Waals surface area (Å²) in [6.45, 7) is 1.64. The number of carbonyl (C=O) groups is 1. The van der Waals surface area contributed by atoms with E-state index in [0.717, 1.165) is 17.8 Å². The molecule has 0 aliphatic heterocycles. The van der Waals surface area contributed by atoms with Crippen molar-refractivity contribution in [2.45, 2.75) is 17.1 Å². The van der Waals surface area contributed by atoms with Gasteiger partial charge in [-0.15, -0.1) is 11.8 Å². The Kier molecular flexibility index (Phi) is 4.14. The predicted octanol–water partition coefficient (Wildman–Crippen LogP) is 1.58. The molecule has 1 aromatic carbocycles. The summed E-state index contributed by atoms with van der Waals surface area (Å²) in [5.41, 5.74) is 4.75. The highest BCUT2D eigenvalue weighted by Crippen LogP contribution is 2.31. The molecule has 0 heterocycles. The fourth-order valence-corrected chi connectivity index (χ4v) is 2.12. The number of nitrogens with two attached hydrogens (primary N) is 1. The second kappa shape index (κ2) is 5.18. The van der Waals surface area contributed by atoms with Crippen LogP contribution in [-0.4, -0.2) is 28.0 Å². The smallest absolute Gasteiger partial charge is 0.339 e. The Balaban J connectivity index is 3.18. The first kappa shape index (κ1) is 12.8. The van der Waals surface area contributed by atoms with Crippen molar-refractivity contribution in [3.8, 4) is 0 Å². The molecule has 4 N–H and O–H groups in total. The fourth-order valence-electron chi connectivity index (χ4n) is 1.15. The van der Waals surface area contributed by atoms with Gasteiger partial charge >= 0.3 is 5.97 Å². The average Bonchev–Trinajstić information content (AvgIpc) is 2.23. The Morgan fingerprint density at radius 3 is 2.75 bits per heavy atom. The van der Waals surface area contributed by atoms with E-state index in [1.54, 1.807) is 6.92 Å². The number of nitrogen functional groups attached to an aromatic ring is 1. The van der Waals surface area contributed by atoms with Crippen LogP contribution < -0.4 is 5.73 Å². The molecule has 0 radical (unpaired) electrons. The first-order valence-electron chi connectivity index (χ1n) is 4.56. The fraction of sp³-hybridized carbons (Fsp3) is 0.300. The lowest BCUT2D eigenvalue weighted by Gasteiger charge is -2.12. The number of carboxylic acid groups (broad SMARTS) is 1. The van der Waals surface area contributed by atoms with Crippen molar-refractivity contribution in [3.63, 3.8) is 0 Å². The highest BCUT2D eigenvalue weighted by molar-refractivity contribution is 8.00. The molecule has 0 fully saturated rings. The molecule has 1 aromatic rings. The molecule has 0 aromatic heterocycles. The van der Waals surface area contributed by atoms with E-state index in [1.807, 2.05) is 0 Å². The molecule has 1 rings (SSSR count). The third kappa shape index (κ3) is 2.65. The van der Waals surface area contributed by atoms with Gasteiger partial charge in [-0.3, -0.25) is 0 Å². The Morgan fingerprint density at radius 1 is 1.62 bits per heavy atom. The number of thioether (sulfide) groups is 1. The number of carboxylic acids is 1. The summed E-state index contributed by atoms with van der Waals surface area (Å²) >= 11 is 1.14. The van der Waals surface area contributed by atoms with Crippen LogP contribution in [0.5, 0.6) is 0 Å². The van der Waals surface area contributed by atoms with Gasteiger partial charge in [0.1, 0.15) is 5.82 Å². The van der Waals surface area contributed by atoms with E-state index < -0.39 is 11.8 Å². The summed E-state index contributed by atoms with van der Waals surface area (Å²) in [5, 5.41) is 17.6. The van der Waals surface area contributed by atoms with Gasteiger partial charge in [-0.2, -0.15) is 0 Å². The molecule has 16 heavy (non-hydrogen) atoms. The minimum Gasteiger partial charge on any atom is -0.478 e. The van der Waals surface area contributed by atoms with Gasteiger partial charge in [0.05, 0.1) is 17.9 Å². The number of aliphatic hydroxyl groups is 1. The second-order valence-electron chi connectivity index (χ2n) is 3.25. The highest BCUT2D eigenvalue weighted by atomic mass is 32.2. The zero-order valence-electron chi connectivity index (χ0n) is 8.61. The Hall–Kier alpha value is -1.27. The van der Waals surface area contributed by atoms with E-state index in [4.69, 9.17) is 15.9 Å². The summed E-state index contributed by atoms with van der Waals surface area (Å²) in [6, 6.07) is 2.47. The monoisotopic (exact) mass is 245 g/mol. The van der Waals surface area contributed by atoms with Crippen molar-refractivity contribution < 1.29 is 19.4 Å². The van der Waals surface area contributed by atoms with Crippen molar-refractivity contribution in [3.05, 3.63) is 23.5 Å². The molecular weight excluding hydrogens is 233 g/mol. The van der Waals surface area contributed by atoms with Crippen LogP contribution in [0.2, 0.25) is 0 Å². The summed E-state index contributed by atoms with van der Waals surface area (Å²) < 4.78 is 13.1. The number of hydrogen-bond acceptors (Lipinski definition) is 4. The van der Waals surface area contributed by atoms with E-state index in [1.165, 1.54) is 6.07 Å². The number of hydrogen-bond donors (Lipinski definition) is 3. The topological polar surface area (TPSA) is 83.5 Å². The molecule has 0 spiro atoms. The van der Waals surface area contributed by atoms with Crippen LogP contribution in [0.1, 0.15) is 17.3 Å². The zero-order valence-corrected chi connectivity index (χ0v) is 9.42. The average molecular weight is 245 g/mol. The van der Waals surface area contributed by atoms with Crippen LogP contribution in [0, 0.1) is 5.82 Å². The summed E-state index contributed by atoms with van der Waals surface area (Å²) in [6.07, 6.45) is 0. The maximum absolute atomic E-state index is 13.1. The van der Waals surface area contributed by atoms with Gasteiger partial charge in [-0.1, -0.05) is 6.92 Å². The molecule has 1 unspecified atom stereocenters. The molecule has 0 amide bonds. The molecule has 0 saturated carbocycles. The van der Waals surface area contributed by atoms with Crippen molar-refractivity contribution in [2.75, 3.05) is 12.3 Å². The SMILES string of the molecule is CC(CO)Sc1ccc(F)c(N)c1C(=O)O. The molecule has 6 heteroatoms. The van der Waals surface area contributed by atoms with Crippen LogP contribution in [0.15, 0.2) is 17.0 Å². The van der Waals surface area contributed by atoms with E-state index in [9.17, 15) is 9.18 Å². The Bertz CT molecular complexity index is 411. The lowest BCUT2D eigenvalue weighted by Crippen LogP contribution is -2.09. The maximum Gasteiger partial charge on any atom is 0.339 e. The molecule has 1 atom stereocenters. The van der Waals surface area contributed by atoms with Crippen LogP contribution >= 0.6 is 11.8 Å². The first-order chi connectivity index (χ1) is 7.47. The van der Waals surface area contributed by atoms with E-state index in [0.29, 0.717) is 4.90 Å². The number of benzene rings is 1. The standard InChI is InChI=1S/C10H12FNO3S/c1-5(4-13)16-7-3-2-6(11)9(12)8(7)10(14)15/h2-3,5,13H,4,12H2,1H3,(H,14,15). The summed E-state index contributed by atoms with van der Waals surface area (Å²) in [5.74, 6) is -2.02. The van der Waals surface area contributed by atoms with Crippen molar-refractivity contribution in [2.24, 2.45) is 0 Å². The van der Waals surface area contributed by atoms with Gasteiger partial charge in [0.15, 0.2) is 0 Å². The van der Waals surface area contributed by atoms with Gasteiger partial charge in [0, 0.05) is 10.1 Å². The third-order valence-electron chi connectivity index (χ3n) is 1.95. The second-order valence-corrected chi connectivity index (χ2v) is 4.73. The van der Waals surface area contributed by atoms with E-state index in [2.05, 4.69) is 0 Å². The van der Waals surface area contributed by atoms with Crippen LogP contribution in [-0.2, 0) is 0 Å². The van der Waals surface area contributed by atoms with Crippen LogP contribution in [0.25, 0.3) is 0 Å². The number of halogens is 1. The van der Waals surface area contributed by atoms with Crippen molar-refractivity contribution >= 4 is 23.4 Å². The number of rotatable bonds is 4. The molecule has 0 bridgehead atoms. The number of aliphatic hydroxyl groups excluding tert-OH is 1. The Morgan fingerprint density at radius 2 is 2.25 bits per heavy atom. The summed E-state index contributed by atoms with van der Waals surface area (Å²) in [4.78, 5) is 11.3. The third-order valence-corrected chi connectivity index (χ3v) is 3.10. The van der Waals surface area contributed by atoms with Gasteiger partial charge in [-0.05, 0) is 12.1 Å². The van der Waals surface area contributed by atoms with Gasteiger partial charge < -0.3 is 15.9 Å². The largest absolute Gasteiger partial charge is 0.478 e. The maximum atomic E-state index is 13.1. The Labute approximate surface area is 96.3 Å². The normalized spacial score (nSPS) is 12.4. The molecule has 4 nitrogen and oxygen atoms in total. The molecule has 0 aliphatic carbocycles. The number of anilines is 1. The summed E-state index contributed by atoms with van der Waals surface area (Å²) in [7, 11) is 0. The lowest BCUT2D eigenvalue weighted by molar-refractivity contribution is 0.0694. The molecule has 0 aliphatic rings. The molecular formula is C10H12FNO3S. The first-order valence-corrected chi connectivity index (χ1v) is 5.44. The van der Waals surface area contributed by atoms with E-state index >= 15 is 0 Å². The van der Waals surface area contributed by atoms with Crippen molar-refractivity contribution in [1.29, 1.82) is 0 Å². The quantitative estimate of drug-likeness (QED) is 0.554. The van der Waals surface area contributed by atoms with Crippen LogP contribution in [0.4, 0.5) is 10.1 Å². The minimum atomic E-state index is -1.27. The highest BCUT2D eigenvalue weighted by Gasteiger charge is 2.19. The van der Waals surface area contributed by atoms with E-state index in [-0.39, 0.29) is 23.1 Å². The van der Waals surface area contributed by atoms with Gasteiger partial charge in [0.2, 0.25) is 0 Å². The van der Waals surface area contributed by atoms with Crippen LogP contribution in [0.3, 0.4) is 0 Å². The lowest BCUT2D eigenvalue weighted by atomic mass is 10.2. The number of aromatic carboxylic acids is 1. The molecule has 0 saturated heterocycles. The molecule has 88 valence electrons. The van der Waals surface area contributed by atoms with Gasteiger partial charge in [-0.25, -0.2) is 9.18 Å². The zero-order chi connectivity index (χ0) is 12.3. The predicted molar refractivity (Wildman–Crippen MR) is 60.2 cm³/mol. The minimum absolute atomic E-state index is 0.0962. The van der Waals surface area contributed by atoms with Crippen molar-refractivity contribution in [1.82, 2.24) is 0 Å². The van der Waals surface area contributed by atoms with Gasteiger partial charge in [0.25, 0.3) is 0 Å².